The van der Waals surface area contributed by atoms with E-state index < -0.39 is 5.92 Å². The molecule has 3 atom stereocenters. The number of ketones is 1. The van der Waals surface area contributed by atoms with Crippen molar-refractivity contribution >= 4 is 11.8 Å². The fourth-order valence-corrected chi connectivity index (χ4v) is 2.68. The number of methoxy groups -OCH3 is 1. The summed E-state index contributed by atoms with van der Waals surface area (Å²) >= 11 is 0. The molecule has 2 heterocycles. The maximum absolute atomic E-state index is 11.7. The second-order valence-electron chi connectivity index (χ2n) is 4.14. The molecular weight excluding hydrogens is 182 g/mol. The number of hydrogen-bond acceptors (Lipinski definition) is 4. The Labute approximate surface area is 83.2 Å². The number of fused-ring (bicyclic) bond motifs is 2. The zero-order chi connectivity index (χ0) is 10.3. The first-order chi connectivity index (χ1) is 6.65. The molecule has 2 rings (SSSR count). The molecule has 0 saturated carbocycles. The average Bonchev–Trinajstić information content (AvgIpc) is 2.42. The van der Waals surface area contributed by atoms with Crippen LogP contribution >= 0.6 is 0 Å². The highest BCUT2D eigenvalue weighted by atomic mass is 16.5. The van der Waals surface area contributed by atoms with Gasteiger partial charge in [0.15, 0.2) is 0 Å². The standard InChI is InChI=1S/C10H15NO3/c1-11-6-3-4-7(11)9(8(12)5-6)10(13)14-2/h6-7,9H,3-5H2,1-2H3/t6-,7?,9?/m1/s1. The molecule has 0 aliphatic carbocycles. The molecule has 14 heavy (non-hydrogen) atoms. The number of carbonyl (C=O) groups is 2. The monoisotopic (exact) mass is 197 g/mol. The summed E-state index contributed by atoms with van der Waals surface area (Å²) in [5.74, 6) is -0.849. The van der Waals surface area contributed by atoms with Gasteiger partial charge in [-0.05, 0) is 19.9 Å². The Morgan fingerprint density at radius 3 is 2.86 bits per heavy atom. The van der Waals surface area contributed by atoms with Crippen LogP contribution in [0.1, 0.15) is 19.3 Å². The van der Waals surface area contributed by atoms with Gasteiger partial charge in [0.25, 0.3) is 0 Å². The van der Waals surface area contributed by atoms with E-state index in [4.69, 9.17) is 0 Å². The number of piperidine rings is 1. The Bertz CT molecular complexity index is 277. The summed E-state index contributed by atoms with van der Waals surface area (Å²) in [4.78, 5) is 25.3. The summed E-state index contributed by atoms with van der Waals surface area (Å²) in [6, 6.07) is 0.433. The Morgan fingerprint density at radius 2 is 2.21 bits per heavy atom. The van der Waals surface area contributed by atoms with Crippen molar-refractivity contribution in [1.29, 1.82) is 0 Å². The number of Topliss-reactive ketones (excluding diaryl/α,β-unsaturated/α-hetero) is 1. The van der Waals surface area contributed by atoms with Crippen molar-refractivity contribution in [2.24, 2.45) is 5.92 Å². The van der Waals surface area contributed by atoms with Crippen LogP contribution in [-0.2, 0) is 14.3 Å². The van der Waals surface area contributed by atoms with Crippen LogP contribution in [0, 0.1) is 5.92 Å². The molecule has 0 amide bonds. The van der Waals surface area contributed by atoms with Gasteiger partial charge in [-0.2, -0.15) is 0 Å². The zero-order valence-electron chi connectivity index (χ0n) is 8.53. The van der Waals surface area contributed by atoms with E-state index in [1.165, 1.54) is 7.11 Å². The van der Waals surface area contributed by atoms with Gasteiger partial charge in [0.05, 0.1) is 7.11 Å². The molecule has 0 radical (unpaired) electrons. The Kier molecular flexibility index (Phi) is 2.31. The Balaban J connectivity index is 2.22. The average molecular weight is 197 g/mol. The highest BCUT2D eigenvalue weighted by molar-refractivity contribution is 6.00. The number of hydrogen-bond donors (Lipinski definition) is 0. The van der Waals surface area contributed by atoms with Crippen LogP contribution < -0.4 is 0 Å². The molecule has 0 aromatic carbocycles. The van der Waals surface area contributed by atoms with E-state index in [0.29, 0.717) is 12.5 Å². The first-order valence-corrected chi connectivity index (χ1v) is 4.97. The van der Waals surface area contributed by atoms with Crippen LogP contribution in [0.15, 0.2) is 0 Å². The van der Waals surface area contributed by atoms with Gasteiger partial charge in [-0.3, -0.25) is 14.5 Å². The first-order valence-electron chi connectivity index (χ1n) is 4.97. The van der Waals surface area contributed by atoms with Gasteiger partial charge in [-0.15, -0.1) is 0 Å². The van der Waals surface area contributed by atoms with E-state index in [1.807, 2.05) is 7.05 Å². The van der Waals surface area contributed by atoms with Crippen molar-refractivity contribution in [3.8, 4) is 0 Å². The quantitative estimate of drug-likeness (QED) is 0.445. The topological polar surface area (TPSA) is 46.6 Å². The maximum atomic E-state index is 11.7. The van der Waals surface area contributed by atoms with Crippen molar-refractivity contribution in [2.45, 2.75) is 31.3 Å². The Morgan fingerprint density at radius 1 is 1.50 bits per heavy atom. The molecule has 2 aliphatic heterocycles. The lowest BCUT2D eigenvalue weighted by molar-refractivity contribution is -0.154. The summed E-state index contributed by atoms with van der Waals surface area (Å²) in [7, 11) is 3.33. The lowest BCUT2D eigenvalue weighted by atomic mass is 9.89. The number of carbonyl (C=O) groups excluding carboxylic acids is 2. The minimum atomic E-state index is -0.538. The maximum Gasteiger partial charge on any atom is 0.317 e. The van der Waals surface area contributed by atoms with Crippen LogP contribution in [0.2, 0.25) is 0 Å². The molecule has 0 aromatic heterocycles. The minimum absolute atomic E-state index is 0.0578. The van der Waals surface area contributed by atoms with E-state index in [1.54, 1.807) is 0 Å². The van der Waals surface area contributed by atoms with Crippen molar-refractivity contribution in [2.75, 3.05) is 14.2 Å². The van der Waals surface area contributed by atoms with Gasteiger partial charge in [-0.25, -0.2) is 0 Å². The van der Waals surface area contributed by atoms with Gasteiger partial charge in [0.1, 0.15) is 11.7 Å². The molecule has 2 fully saturated rings. The van der Waals surface area contributed by atoms with Crippen molar-refractivity contribution < 1.29 is 14.3 Å². The van der Waals surface area contributed by atoms with Crippen LogP contribution in [0.3, 0.4) is 0 Å². The summed E-state index contributed by atoms with van der Waals surface area (Å²) in [5, 5.41) is 0. The summed E-state index contributed by atoms with van der Waals surface area (Å²) < 4.78 is 4.67. The summed E-state index contributed by atoms with van der Waals surface area (Å²) in [6.07, 6.45) is 2.47. The summed E-state index contributed by atoms with van der Waals surface area (Å²) in [6.45, 7) is 0. The fourth-order valence-electron chi connectivity index (χ4n) is 2.68. The summed E-state index contributed by atoms with van der Waals surface area (Å²) in [5.41, 5.74) is 0. The van der Waals surface area contributed by atoms with Crippen molar-refractivity contribution in [3.05, 3.63) is 0 Å². The SMILES string of the molecule is COC(=O)C1C(=O)C[C@H]2CCC1N2C. The van der Waals surface area contributed by atoms with Crippen molar-refractivity contribution in [1.82, 2.24) is 4.90 Å². The largest absolute Gasteiger partial charge is 0.468 e. The molecule has 0 N–H and O–H groups in total. The fraction of sp³-hybridized carbons (Fsp3) is 0.800. The first kappa shape index (κ1) is 9.65. The third kappa shape index (κ3) is 1.25. The highest BCUT2D eigenvalue weighted by Gasteiger charge is 2.48. The van der Waals surface area contributed by atoms with E-state index in [0.717, 1.165) is 12.8 Å². The lowest BCUT2D eigenvalue weighted by Gasteiger charge is -2.34. The second kappa shape index (κ2) is 3.35. The van der Waals surface area contributed by atoms with Gasteiger partial charge in [0, 0.05) is 18.5 Å². The lowest BCUT2D eigenvalue weighted by Crippen LogP contribution is -2.50. The molecule has 2 aliphatic rings. The molecule has 4 heteroatoms. The Hall–Kier alpha value is -0.900. The molecule has 2 saturated heterocycles. The number of ether oxygens (including phenoxy) is 1. The van der Waals surface area contributed by atoms with Crippen LogP contribution in [0.4, 0.5) is 0 Å². The third-order valence-corrected chi connectivity index (χ3v) is 3.52. The number of nitrogens with zero attached hydrogens (tertiary/aromatic N) is 1. The molecule has 2 unspecified atom stereocenters. The molecule has 0 aromatic rings. The van der Waals surface area contributed by atoms with Crippen molar-refractivity contribution in [3.63, 3.8) is 0 Å². The smallest absolute Gasteiger partial charge is 0.317 e. The van der Waals surface area contributed by atoms with Crippen LogP contribution in [0.25, 0.3) is 0 Å². The van der Waals surface area contributed by atoms with Gasteiger partial charge in [0.2, 0.25) is 0 Å². The van der Waals surface area contributed by atoms with Crippen LogP contribution in [0.5, 0.6) is 0 Å². The molecular formula is C10H15NO3. The minimum Gasteiger partial charge on any atom is -0.468 e. The molecule has 0 spiro atoms. The van der Waals surface area contributed by atoms with E-state index in [-0.39, 0.29) is 17.8 Å². The van der Waals surface area contributed by atoms with Gasteiger partial charge < -0.3 is 4.74 Å². The molecule has 2 bridgehead atoms. The number of esters is 1. The van der Waals surface area contributed by atoms with E-state index in [9.17, 15) is 9.59 Å². The predicted octanol–water partition coefficient (Wildman–Crippen LogP) is 0.211. The third-order valence-electron chi connectivity index (χ3n) is 3.52. The normalized spacial score (nSPS) is 37.3. The van der Waals surface area contributed by atoms with E-state index >= 15 is 0 Å². The zero-order valence-corrected chi connectivity index (χ0v) is 8.53. The molecule has 78 valence electrons. The van der Waals surface area contributed by atoms with Gasteiger partial charge in [-0.1, -0.05) is 0 Å². The number of rotatable bonds is 1. The molecule has 4 nitrogen and oxygen atoms in total. The highest BCUT2D eigenvalue weighted by Crippen LogP contribution is 2.36. The van der Waals surface area contributed by atoms with Crippen LogP contribution in [-0.4, -0.2) is 42.9 Å². The van der Waals surface area contributed by atoms with E-state index in [2.05, 4.69) is 9.64 Å². The predicted molar refractivity (Wildman–Crippen MR) is 49.7 cm³/mol. The van der Waals surface area contributed by atoms with Gasteiger partial charge >= 0.3 is 5.97 Å². The second-order valence-corrected chi connectivity index (χ2v) is 4.14.